The molecule has 1 unspecified atom stereocenters. The lowest BCUT2D eigenvalue weighted by molar-refractivity contribution is -0.150. The van der Waals surface area contributed by atoms with Crippen molar-refractivity contribution in [2.45, 2.75) is 155 Å². The highest BCUT2D eigenvalue weighted by Gasteiger charge is 2.14. The Kier molecular flexibility index (Phi) is 26.6. The van der Waals surface area contributed by atoms with Gasteiger partial charge >= 0.3 is 5.97 Å². The molecule has 0 radical (unpaired) electrons. The Morgan fingerprint density at radius 3 is 1.66 bits per heavy atom. The molecule has 0 amide bonds. The van der Waals surface area contributed by atoms with Crippen molar-refractivity contribution in [3.63, 3.8) is 0 Å². The first-order valence-corrected chi connectivity index (χ1v) is 15.2. The zero-order valence-electron chi connectivity index (χ0n) is 24.2. The zero-order valence-corrected chi connectivity index (χ0v) is 24.2. The minimum Gasteiger partial charge on any atom is -0.462 e. The molecule has 0 N–H and O–H groups in total. The average Bonchev–Trinajstić information content (AvgIpc) is 2.83. The largest absolute Gasteiger partial charge is 0.462 e. The van der Waals surface area contributed by atoms with Gasteiger partial charge < -0.3 is 9.64 Å². The molecule has 3 nitrogen and oxygen atoms in total. The van der Waals surface area contributed by atoms with Crippen LogP contribution in [0, 0.1) is 0 Å². The lowest BCUT2D eigenvalue weighted by Gasteiger charge is -2.18. The van der Waals surface area contributed by atoms with Crippen molar-refractivity contribution in [2.24, 2.45) is 0 Å². The molecular formula is C32H61NO2. The summed E-state index contributed by atoms with van der Waals surface area (Å²) in [6, 6.07) is 0. The molecule has 0 aliphatic rings. The second kappa shape index (κ2) is 27.5. The molecule has 0 spiro atoms. The molecule has 35 heavy (non-hydrogen) atoms. The summed E-state index contributed by atoms with van der Waals surface area (Å²) in [5, 5.41) is 0. The Hall–Kier alpha value is -1.09. The number of hydrogen-bond donors (Lipinski definition) is 0. The van der Waals surface area contributed by atoms with Gasteiger partial charge in [0.05, 0.1) is 0 Å². The average molecular weight is 492 g/mol. The van der Waals surface area contributed by atoms with Crippen LogP contribution in [0.1, 0.15) is 149 Å². The Labute approximate surface area is 220 Å². The van der Waals surface area contributed by atoms with Gasteiger partial charge in [0.2, 0.25) is 0 Å². The van der Waals surface area contributed by atoms with Crippen molar-refractivity contribution < 1.29 is 9.53 Å². The minimum atomic E-state index is 0.0123. The molecule has 0 bridgehead atoms. The molecule has 0 heterocycles. The van der Waals surface area contributed by atoms with Gasteiger partial charge in [-0.3, -0.25) is 4.79 Å². The number of nitrogens with zero attached hydrogens (tertiary/aromatic N) is 1. The smallest absolute Gasteiger partial charge is 0.306 e. The standard InChI is InChI=1S/C32H61NO2/c1-5-7-9-11-13-15-17-19-21-24-28-31(27-23-20-18-16-14-12-10-8-6-2)35-32(34)29-25-22-26-30-33(3)4/h15-18,31H,5-14,19-30H2,1-4H3/b17-15-,18-16-. The monoisotopic (exact) mass is 491 g/mol. The first-order valence-electron chi connectivity index (χ1n) is 15.2. The number of carbonyl (C=O) groups excluding carboxylic acids is 1. The van der Waals surface area contributed by atoms with Crippen molar-refractivity contribution in [1.82, 2.24) is 4.90 Å². The molecule has 0 rings (SSSR count). The summed E-state index contributed by atoms with van der Waals surface area (Å²) in [5.74, 6) is 0.0123. The topological polar surface area (TPSA) is 29.5 Å². The van der Waals surface area contributed by atoms with Crippen LogP contribution in [-0.4, -0.2) is 37.6 Å². The van der Waals surface area contributed by atoms with Crippen LogP contribution in [0.5, 0.6) is 0 Å². The van der Waals surface area contributed by atoms with Crippen LogP contribution < -0.4 is 0 Å². The third-order valence-corrected chi connectivity index (χ3v) is 6.61. The number of unbranched alkanes of at least 4 members (excludes halogenated alkanes) is 13. The Balaban J connectivity index is 4.19. The quantitative estimate of drug-likeness (QED) is 0.0685. The number of carbonyl (C=O) groups is 1. The molecule has 0 aliphatic carbocycles. The van der Waals surface area contributed by atoms with E-state index in [1.54, 1.807) is 0 Å². The lowest BCUT2D eigenvalue weighted by Crippen LogP contribution is -2.18. The van der Waals surface area contributed by atoms with Gasteiger partial charge in [0.15, 0.2) is 0 Å². The number of ether oxygens (including phenoxy) is 1. The SMILES string of the molecule is CCCCCC/C=C\CCCCC(CCC/C=C\CCCCCC)OC(=O)CCCCCN(C)C. The van der Waals surface area contributed by atoms with E-state index in [1.165, 1.54) is 70.6 Å². The van der Waals surface area contributed by atoms with E-state index >= 15 is 0 Å². The fourth-order valence-corrected chi connectivity index (χ4v) is 4.33. The molecule has 206 valence electrons. The van der Waals surface area contributed by atoms with Crippen molar-refractivity contribution in [3.05, 3.63) is 24.3 Å². The Bertz CT molecular complexity index is 498. The summed E-state index contributed by atoms with van der Waals surface area (Å²) < 4.78 is 5.94. The van der Waals surface area contributed by atoms with E-state index in [1.807, 2.05) is 0 Å². The van der Waals surface area contributed by atoms with Gasteiger partial charge in [-0.05, 0) is 104 Å². The molecule has 0 aliphatic heterocycles. The summed E-state index contributed by atoms with van der Waals surface area (Å²) in [6.45, 7) is 5.62. The van der Waals surface area contributed by atoms with Crippen molar-refractivity contribution >= 4 is 5.97 Å². The molecule has 0 aromatic carbocycles. The minimum absolute atomic E-state index is 0.0123. The van der Waals surface area contributed by atoms with E-state index in [0.29, 0.717) is 6.42 Å². The Morgan fingerprint density at radius 2 is 1.11 bits per heavy atom. The molecule has 0 fully saturated rings. The van der Waals surface area contributed by atoms with E-state index < -0.39 is 0 Å². The highest BCUT2D eigenvalue weighted by Crippen LogP contribution is 2.16. The van der Waals surface area contributed by atoms with Gasteiger partial charge in [-0.15, -0.1) is 0 Å². The summed E-state index contributed by atoms with van der Waals surface area (Å²) >= 11 is 0. The lowest BCUT2D eigenvalue weighted by atomic mass is 10.0. The van der Waals surface area contributed by atoms with Gasteiger partial charge in [0, 0.05) is 6.42 Å². The van der Waals surface area contributed by atoms with Crippen molar-refractivity contribution in [1.29, 1.82) is 0 Å². The maximum atomic E-state index is 12.4. The van der Waals surface area contributed by atoms with Crippen LogP contribution in [0.4, 0.5) is 0 Å². The van der Waals surface area contributed by atoms with Crippen LogP contribution >= 0.6 is 0 Å². The van der Waals surface area contributed by atoms with Gasteiger partial charge in [0.1, 0.15) is 6.10 Å². The summed E-state index contributed by atoms with van der Waals surface area (Å²) in [7, 11) is 4.20. The van der Waals surface area contributed by atoms with Crippen molar-refractivity contribution in [2.75, 3.05) is 20.6 Å². The highest BCUT2D eigenvalue weighted by molar-refractivity contribution is 5.69. The van der Waals surface area contributed by atoms with E-state index in [4.69, 9.17) is 4.74 Å². The first kappa shape index (κ1) is 33.9. The number of allylic oxidation sites excluding steroid dienone is 4. The number of rotatable bonds is 26. The fraction of sp³-hybridized carbons (Fsp3) is 0.844. The van der Waals surface area contributed by atoms with Gasteiger partial charge in [-0.1, -0.05) is 83.1 Å². The first-order chi connectivity index (χ1) is 17.1. The molecule has 0 aromatic heterocycles. The van der Waals surface area contributed by atoms with Gasteiger partial charge in [-0.2, -0.15) is 0 Å². The molecule has 3 heteroatoms. The normalized spacial score (nSPS) is 12.8. The third-order valence-electron chi connectivity index (χ3n) is 6.61. The summed E-state index contributed by atoms with van der Waals surface area (Å²) in [6.07, 6.45) is 34.1. The summed E-state index contributed by atoms with van der Waals surface area (Å²) in [4.78, 5) is 14.6. The second-order valence-electron chi connectivity index (χ2n) is 10.6. The number of esters is 1. The zero-order chi connectivity index (χ0) is 25.8. The predicted octanol–water partition coefficient (Wildman–Crippen LogP) is 9.80. The van der Waals surface area contributed by atoms with Crippen LogP contribution in [-0.2, 0) is 9.53 Å². The predicted molar refractivity (Wildman–Crippen MR) is 155 cm³/mol. The van der Waals surface area contributed by atoms with E-state index in [2.05, 4.69) is 57.1 Å². The maximum absolute atomic E-state index is 12.4. The van der Waals surface area contributed by atoms with Crippen LogP contribution in [0.25, 0.3) is 0 Å². The van der Waals surface area contributed by atoms with Crippen LogP contribution in [0.3, 0.4) is 0 Å². The molecule has 1 atom stereocenters. The van der Waals surface area contributed by atoms with Crippen molar-refractivity contribution in [3.8, 4) is 0 Å². The van der Waals surface area contributed by atoms with Gasteiger partial charge in [0.25, 0.3) is 0 Å². The van der Waals surface area contributed by atoms with E-state index in [9.17, 15) is 4.79 Å². The Morgan fingerprint density at radius 1 is 0.629 bits per heavy atom. The van der Waals surface area contributed by atoms with Crippen LogP contribution in [0.2, 0.25) is 0 Å². The number of hydrogen-bond acceptors (Lipinski definition) is 3. The second-order valence-corrected chi connectivity index (χ2v) is 10.6. The summed E-state index contributed by atoms with van der Waals surface area (Å²) in [5.41, 5.74) is 0. The molecule has 0 aromatic rings. The maximum Gasteiger partial charge on any atom is 0.306 e. The third kappa shape index (κ3) is 27.3. The van der Waals surface area contributed by atoms with E-state index in [-0.39, 0.29) is 12.1 Å². The molecule has 0 saturated heterocycles. The fourth-order valence-electron chi connectivity index (χ4n) is 4.33. The molecule has 0 saturated carbocycles. The van der Waals surface area contributed by atoms with Crippen LogP contribution in [0.15, 0.2) is 24.3 Å². The van der Waals surface area contributed by atoms with E-state index in [0.717, 1.165) is 64.3 Å². The molecular weight excluding hydrogens is 430 g/mol. The van der Waals surface area contributed by atoms with Gasteiger partial charge in [-0.25, -0.2) is 0 Å². The highest BCUT2D eigenvalue weighted by atomic mass is 16.5.